The van der Waals surface area contributed by atoms with Gasteiger partial charge in [-0.2, -0.15) is 0 Å². The van der Waals surface area contributed by atoms with E-state index in [1.807, 2.05) is 42.5 Å². The van der Waals surface area contributed by atoms with Gasteiger partial charge in [0.25, 0.3) is 5.70 Å². The highest BCUT2D eigenvalue weighted by Gasteiger charge is 2.37. The molecule has 2 aromatic heterocycles. The largest absolute Gasteiger partial charge is 0.398 e. The number of anilines is 1. The minimum absolute atomic E-state index is 0.183. The van der Waals surface area contributed by atoms with Gasteiger partial charge < -0.3 is 5.73 Å². The first-order valence-corrected chi connectivity index (χ1v) is 14.2. The van der Waals surface area contributed by atoms with Gasteiger partial charge in [-0.05, 0) is 48.8 Å². The highest BCUT2D eigenvalue weighted by atomic mass is 32.1. The Labute approximate surface area is 225 Å². The summed E-state index contributed by atoms with van der Waals surface area (Å²) in [5, 5.41) is 15.2. The molecule has 0 radical (unpaired) electrons. The number of aromatic nitrogens is 2. The third-order valence-corrected chi connectivity index (χ3v) is 8.84. The van der Waals surface area contributed by atoms with Crippen LogP contribution in [0.15, 0.2) is 65.6 Å². The number of benzene rings is 2. The molecule has 0 amide bonds. The fourth-order valence-electron chi connectivity index (χ4n) is 4.64. The number of nitrogen functional groups attached to an aromatic ring is 1. The Morgan fingerprint density at radius 1 is 1.00 bits per heavy atom. The van der Waals surface area contributed by atoms with Crippen LogP contribution in [0.25, 0.3) is 38.5 Å². The van der Waals surface area contributed by atoms with Crippen molar-refractivity contribution < 1.29 is 4.92 Å². The molecule has 4 aromatic rings. The fraction of sp³-hybridized carbons (Fsp3) is 0.214. The van der Waals surface area contributed by atoms with E-state index in [0.717, 1.165) is 66.8 Å². The van der Waals surface area contributed by atoms with Gasteiger partial charge in [0.2, 0.25) is 0 Å². The number of para-hydroxylation sites is 2. The van der Waals surface area contributed by atoms with E-state index in [0.29, 0.717) is 0 Å². The molecule has 2 heterocycles. The Bertz CT molecular complexity index is 1630. The molecule has 0 spiro atoms. The van der Waals surface area contributed by atoms with E-state index in [9.17, 15) is 10.1 Å². The molecule has 1 unspecified atom stereocenters. The predicted molar refractivity (Wildman–Crippen MR) is 159 cm³/mol. The summed E-state index contributed by atoms with van der Waals surface area (Å²) in [6.45, 7) is 4.10. The Morgan fingerprint density at radius 3 is 2.46 bits per heavy atom. The summed E-state index contributed by atoms with van der Waals surface area (Å²) in [7, 11) is 2.61. The maximum Gasteiger partial charge on any atom is 0.276 e. The number of hydrogen-bond acceptors (Lipinski definition) is 7. The molecule has 0 saturated carbocycles. The van der Waals surface area contributed by atoms with Gasteiger partial charge in [-0.25, -0.2) is 9.97 Å². The second-order valence-electron chi connectivity index (χ2n) is 9.63. The van der Waals surface area contributed by atoms with Gasteiger partial charge in [-0.1, -0.05) is 50.3 Å². The average molecular weight is 547 g/mol. The van der Waals surface area contributed by atoms with E-state index in [-0.39, 0.29) is 16.0 Å². The van der Waals surface area contributed by atoms with Crippen LogP contribution in [0.1, 0.15) is 38.1 Å². The summed E-state index contributed by atoms with van der Waals surface area (Å²) >= 11 is 3.24. The van der Waals surface area contributed by atoms with Crippen LogP contribution in [-0.2, 0) is 0 Å². The van der Waals surface area contributed by atoms with Crippen LogP contribution in [0.5, 0.6) is 0 Å². The minimum atomic E-state index is -0.284. The molecule has 2 aliphatic rings. The molecule has 0 saturated heterocycles. The van der Waals surface area contributed by atoms with Gasteiger partial charge in [0, 0.05) is 22.7 Å². The second kappa shape index (κ2) is 10.3. The van der Waals surface area contributed by atoms with Crippen LogP contribution in [0, 0.1) is 15.5 Å². The van der Waals surface area contributed by atoms with Gasteiger partial charge in [-0.3, -0.25) is 10.1 Å². The maximum atomic E-state index is 11.5. The second-order valence-corrected chi connectivity index (χ2v) is 12.4. The van der Waals surface area contributed by atoms with Crippen molar-refractivity contribution in [3.63, 3.8) is 0 Å². The molecule has 0 fully saturated rings. The highest BCUT2D eigenvalue weighted by Crippen LogP contribution is 2.47. The number of hydrogen-bond donors (Lipinski definition) is 1. The van der Waals surface area contributed by atoms with E-state index < -0.39 is 0 Å². The zero-order valence-corrected chi connectivity index (χ0v) is 23.4. The smallest absolute Gasteiger partial charge is 0.276 e. The number of nitrogens with zero attached hydrogens (tertiary/aromatic N) is 3. The van der Waals surface area contributed by atoms with E-state index in [1.54, 1.807) is 28.7 Å². The van der Waals surface area contributed by atoms with Crippen LogP contribution in [-0.4, -0.2) is 14.9 Å². The lowest BCUT2D eigenvalue weighted by molar-refractivity contribution is -0.418. The van der Waals surface area contributed by atoms with E-state index in [4.69, 9.17) is 5.73 Å². The predicted octanol–water partition coefficient (Wildman–Crippen LogP) is 6.22. The Kier molecular flexibility index (Phi) is 7.08. The molecule has 6 rings (SSSR count). The molecule has 2 aliphatic carbocycles. The molecule has 1 atom stereocenters. The first-order valence-electron chi connectivity index (χ1n) is 12.0. The van der Waals surface area contributed by atoms with Crippen LogP contribution in [0.2, 0.25) is 0 Å². The number of fused-ring (bicyclic) bond motifs is 2. The quantitative estimate of drug-likeness (QED) is 0.142. The van der Waals surface area contributed by atoms with Gasteiger partial charge in [-0.15, -0.1) is 31.9 Å². The van der Waals surface area contributed by atoms with E-state index >= 15 is 0 Å². The average Bonchev–Trinajstić information content (AvgIpc) is 3.47. The topological polar surface area (TPSA) is 94.9 Å². The molecule has 2 N–H and O–H groups in total. The van der Waals surface area contributed by atoms with Gasteiger partial charge >= 0.3 is 0 Å². The molecule has 6 nitrogen and oxygen atoms in total. The summed E-state index contributed by atoms with van der Waals surface area (Å²) in [5.41, 5.74) is 9.43. The van der Waals surface area contributed by atoms with Crippen LogP contribution in [0.3, 0.4) is 0 Å². The zero-order valence-electron chi connectivity index (χ0n) is 20.6. The van der Waals surface area contributed by atoms with Crippen LogP contribution < -0.4 is 15.6 Å². The van der Waals surface area contributed by atoms with Gasteiger partial charge in [0.05, 0.1) is 30.6 Å². The summed E-state index contributed by atoms with van der Waals surface area (Å²) < 4.78 is 2.34. The minimum Gasteiger partial charge on any atom is -0.398 e. The monoisotopic (exact) mass is 546 g/mol. The van der Waals surface area contributed by atoms with Crippen molar-refractivity contribution in [3.8, 4) is 10.6 Å². The number of rotatable bonds is 3. The Morgan fingerprint density at radius 2 is 1.73 bits per heavy atom. The summed E-state index contributed by atoms with van der Waals surface area (Å²) in [5.74, 6) is 0. The van der Waals surface area contributed by atoms with Crippen molar-refractivity contribution in [2.75, 3.05) is 5.73 Å². The SMILES string of the molecule is CC1(C)CC(P)=CC([N+](=O)[O-])=C1c1nc2c(s1)=CCCC=2.Nc1ccccc1-c1nc2ccccc2s1. The molecule has 2 aromatic carbocycles. The third-order valence-electron chi connectivity index (χ3n) is 6.31. The van der Waals surface area contributed by atoms with Crippen molar-refractivity contribution in [1.29, 1.82) is 0 Å². The maximum absolute atomic E-state index is 11.5. The normalized spacial score (nSPS) is 16.1. The van der Waals surface area contributed by atoms with Crippen molar-refractivity contribution >= 4 is 65.5 Å². The van der Waals surface area contributed by atoms with Crippen molar-refractivity contribution in [3.05, 3.63) is 90.6 Å². The number of thiazole rings is 2. The first-order chi connectivity index (χ1) is 17.7. The molecular formula is C28H27N4O2PS2. The first kappa shape index (κ1) is 25.5. The number of nitrogens with two attached hydrogens (primary N) is 1. The lowest BCUT2D eigenvalue weighted by Crippen LogP contribution is -2.24. The molecular weight excluding hydrogens is 519 g/mol. The van der Waals surface area contributed by atoms with E-state index in [1.165, 1.54) is 4.70 Å². The number of allylic oxidation sites excluding steroid dienone is 3. The van der Waals surface area contributed by atoms with Crippen LogP contribution >= 0.6 is 31.9 Å². The highest BCUT2D eigenvalue weighted by molar-refractivity contribution is 7.22. The zero-order chi connectivity index (χ0) is 26.2. The van der Waals surface area contributed by atoms with Gasteiger partial charge in [0.15, 0.2) is 0 Å². The molecule has 37 heavy (non-hydrogen) atoms. The van der Waals surface area contributed by atoms with E-state index in [2.05, 4.69) is 51.3 Å². The lowest BCUT2D eigenvalue weighted by Gasteiger charge is -2.29. The van der Waals surface area contributed by atoms with Crippen molar-refractivity contribution in [2.45, 2.75) is 33.1 Å². The van der Waals surface area contributed by atoms with Crippen LogP contribution in [0.4, 0.5) is 5.69 Å². The van der Waals surface area contributed by atoms with Crippen molar-refractivity contribution in [2.24, 2.45) is 5.41 Å². The third kappa shape index (κ3) is 5.28. The molecule has 0 bridgehead atoms. The molecule has 9 heteroatoms. The fourth-order valence-corrected chi connectivity index (χ4v) is 7.60. The lowest BCUT2D eigenvalue weighted by atomic mass is 9.77. The standard InChI is InChI=1S/C15H17N2O2PS.C13H10N2S/c1-15(2)8-9(20)7-11(17(18)19)13(15)14-16-10-5-3-4-6-12(10)21-14;14-10-6-2-1-5-9(10)13-15-11-7-3-4-8-12(11)16-13/h5-7H,3-4,8,20H2,1-2H3;1-8H,14H2. The summed E-state index contributed by atoms with van der Waals surface area (Å²) in [4.78, 5) is 20.4. The number of nitro groups is 1. The summed E-state index contributed by atoms with van der Waals surface area (Å²) in [6.07, 6.45) is 8.77. The summed E-state index contributed by atoms with van der Waals surface area (Å²) in [6, 6.07) is 16.0. The Hall–Kier alpha value is -3.19. The Balaban J connectivity index is 0.000000157. The van der Waals surface area contributed by atoms with Gasteiger partial charge in [0.1, 0.15) is 10.0 Å². The van der Waals surface area contributed by atoms with Crippen molar-refractivity contribution in [1.82, 2.24) is 9.97 Å². The molecule has 188 valence electrons. The molecule has 0 aliphatic heterocycles.